The van der Waals surface area contributed by atoms with Gasteiger partial charge in [0, 0.05) is 12.4 Å². The van der Waals surface area contributed by atoms with Gasteiger partial charge in [0.15, 0.2) is 0 Å². The van der Waals surface area contributed by atoms with Gasteiger partial charge in [0.25, 0.3) is 0 Å². The summed E-state index contributed by atoms with van der Waals surface area (Å²) in [6.45, 7) is 0. The third-order valence-corrected chi connectivity index (χ3v) is 22.4. The Morgan fingerprint density at radius 3 is 1.06 bits per heavy atom. The SMILES string of the molecule is [Pd+2].[Pd+2].[c-]1c(-c2ccccn2)cccc1[Si](c1[c-]c2c(cc1)c1ccc([Si](c3[c-]c(-c4ccccn4)ccc3)(c3ccccc3)c3ccccc3)[c-]c1n2-c1ncncn1)(c1ccccc1)c1ccccc1. The van der Waals surface area contributed by atoms with Crippen LogP contribution < -0.4 is 41.5 Å². The van der Waals surface area contributed by atoms with Gasteiger partial charge in [-0.2, -0.15) is 57.5 Å². The predicted molar refractivity (Wildman–Crippen MR) is 283 cm³/mol. The van der Waals surface area contributed by atoms with Crippen LogP contribution in [-0.2, 0) is 40.8 Å². The average Bonchev–Trinajstić information content (AvgIpc) is 3.76. The van der Waals surface area contributed by atoms with E-state index in [1.165, 1.54) is 20.7 Å². The van der Waals surface area contributed by atoms with Crippen molar-refractivity contribution in [2.24, 2.45) is 0 Å². The van der Waals surface area contributed by atoms with Crippen molar-refractivity contribution >= 4 is 79.4 Å². The van der Waals surface area contributed by atoms with Crippen LogP contribution in [0.2, 0.25) is 0 Å². The molecule has 71 heavy (non-hydrogen) atoms. The van der Waals surface area contributed by atoms with Gasteiger partial charge >= 0.3 is 40.8 Å². The first-order valence-electron chi connectivity index (χ1n) is 22.9. The summed E-state index contributed by atoms with van der Waals surface area (Å²) in [7, 11) is -6.36. The van der Waals surface area contributed by atoms with E-state index >= 15 is 0 Å². The fourth-order valence-electron chi connectivity index (χ4n) is 10.2. The monoisotopic (exact) mass is 1120 g/mol. The summed E-state index contributed by atoms with van der Waals surface area (Å²) in [6, 6.07) is 93.7. The van der Waals surface area contributed by atoms with E-state index in [9.17, 15) is 0 Å². The molecule has 0 saturated heterocycles. The van der Waals surface area contributed by atoms with Crippen molar-refractivity contribution < 1.29 is 40.8 Å². The molecule has 0 radical (unpaired) electrons. The topological polar surface area (TPSA) is 69.4 Å². The van der Waals surface area contributed by atoms with Gasteiger partial charge in [-0.25, -0.2) is 15.0 Å². The minimum atomic E-state index is -3.18. The van der Waals surface area contributed by atoms with Crippen LogP contribution in [0.15, 0.2) is 243 Å². The van der Waals surface area contributed by atoms with Crippen LogP contribution in [-0.4, -0.2) is 45.6 Å². The van der Waals surface area contributed by atoms with Crippen molar-refractivity contribution in [3.05, 3.63) is 268 Å². The number of benzene rings is 8. The maximum atomic E-state index is 4.84. The minimum Gasteiger partial charge on any atom is -0.328 e. The second-order valence-corrected chi connectivity index (χ2v) is 24.4. The van der Waals surface area contributed by atoms with Gasteiger partial charge in [-0.3, -0.25) is 0 Å². The molecular formula is C61H40N6Pd2Si2. The molecule has 0 aliphatic heterocycles. The summed E-state index contributed by atoms with van der Waals surface area (Å²) in [5.74, 6) is 0.484. The van der Waals surface area contributed by atoms with E-state index in [-0.39, 0.29) is 40.8 Å². The first-order chi connectivity index (χ1) is 34.2. The molecule has 0 aliphatic carbocycles. The molecule has 0 atom stereocenters. The van der Waals surface area contributed by atoms with Gasteiger partial charge in [0.05, 0.1) is 0 Å². The predicted octanol–water partition coefficient (Wildman–Crippen LogP) is 7.04. The van der Waals surface area contributed by atoms with Crippen LogP contribution in [0, 0.1) is 24.3 Å². The summed E-state index contributed by atoms with van der Waals surface area (Å²) in [5.41, 5.74) is 5.31. The summed E-state index contributed by atoms with van der Waals surface area (Å²) in [4.78, 5) is 23.5. The Kier molecular flexibility index (Phi) is 13.7. The zero-order valence-electron chi connectivity index (χ0n) is 37.9. The van der Waals surface area contributed by atoms with Gasteiger partial charge in [-0.1, -0.05) is 157 Å². The molecule has 12 rings (SSSR count). The van der Waals surface area contributed by atoms with Crippen LogP contribution >= 0.6 is 0 Å². The molecule has 12 aromatic rings. The fourth-order valence-corrected chi connectivity index (χ4v) is 19.3. The summed E-state index contributed by atoms with van der Waals surface area (Å²) >= 11 is 0. The molecule has 4 aromatic heterocycles. The molecule has 0 spiro atoms. The average molecular weight is 1130 g/mol. The normalized spacial score (nSPS) is 11.4. The van der Waals surface area contributed by atoms with Gasteiger partial charge in [0.2, 0.25) is 5.95 Å². The Hall–Kier alpha value is -7.37. The van der Waals surface area contributed by atoms with Crippen molar-refractivity contribution in [1.82, 2.24) is 29.5 Å². The first-order valence-corrected chi connectivity index (χ1v) is 26.9. The Morgan fingerprint density at radius 2 is 0.690 bits per heavy atom. The van der Waals surface area contributed by atoms with Gasteiger partial charge in [0.1, 0.15) is 28.8 Å². The minimum absolute atomic E-state index is 0. The van der Waals surface area contributed by atoms with E-state index in [2.05, 4.69) is 216 Å². The van der Waals surface area contributed by atoms with Crippen molar-refractivity contribution in [2.75, 3.05) is 0 Å². The van der Waals surface area contributed by atoms with Crippen molar-refractivity contribution in [2.45, 2.75) is 0 Å². The van der Waals surface area contributed by atoms with Crippen LogP contribution in [0.25, 0.3) is 50.3 Å². The summed E-state index contributed by atoms with van der Waals surface area (Å²) in [5, 5.41) is 11.2. The largest absolute Gasteiger partial charge is 2.00 e. The Labute approximate surface area is 442 Å². The Balaban J connectivity index is 0.00000291. The molecule has 0 fully saturated rings. The number of pyridine rings is 2. The number of hydrogen-bond donors (Lipinski definition) is 0. The Morgan fingerprint density at radius 1 is 0.324 bits per heavy atom. The molecule has 0 amide bonds. The first kappa shape index (κ1) is 47.3. The summed E-state index contributed by atoms with van der Waals surface area (Å²) < 4.78 is 2.13. The maximum absolute atomic E-state index is 4.84. The van der Waals surface area contributed by atoms with Crippen molar-refractivity contribution in [1.29, 1.82) is 0 Å². The third-order valence-electron chi connectivity index (χ3n) is 13.2. The van der Waals surface area contributed by atoms with E-state index in [0.29, 0.717) is 5.95 Å². The molecule has 4 heterocycles. The second kappa shape index (κ2) is 20.5. The molecule has 342 valence electrons. The van der Waals surface area contributed by atoms with Crippen LogP contribution in [0.4, 0.5) is 0 Å². The molecule has 0 N–H and O–H groups in total. The number of fused-ring (bicyclic) bond motifs is 3. The van der Waals surface area contributed by atoms with Crippen molar-refractivity contribution in [3.63, 3.8) is 0 Å². The quantitative estimate of drug-likeness (QED) is 0.0791. The maximum Gasteiger partial charge on any atom is 2.00 e. The van der Waals surface area contributed by atoms with Crippen LogP contribution in [0.3, 0.4) is 0 Å². The third kappa shape index (κ3) is 8.29. The van der Waals surface area contributed by atoms with E-state index in [0.717, 1.165) is 65.1 Å². The molecule has 0 saturated carbocycles. The smallest absolute Gasteiger partial charge is 0.328 e. The van der Waals surface area contributed by atoms with E-state index in [4.69, 9.17) is 19.9 Å². The standard InChI is InChI=1S/C61H40N6Si2.2Pd/c1-5-21-47(22-6-1)68(48-23-7-2-8-24-48,51-29-17-19-45(39-51)57-31-13-15-37-63-57)53-33-35-55-56-36-34-54(42-60(56)67(59(55)41-53)61-65-43-62-44-66-61)69(49-25-9-3-10-26-49,50-27-11-4-12-28-50)52-30-18-20-46(40-52)58-32-14-16-38-64-58;;/h1-38,43-44H;;/q-4;2*+2. The van der Waals surface area contributed by atoms with E-state index < -0.39 is 16.1 Å². The second-order valence-electron chi connectivity index (χ2n) is 16.9. The number of hydrogen-bond acceptors (Lipinski definition) is 5. The van der Waals surface area contributed by atoms with Crippen LogP contribution in [0.5, 0.6) is 0 Å². The molecule has 8 aromatic carbocycles. The molecule has 0 unspecified atom stereocenters. The fraction of sp³-hybridized carbons (Fsp3) is 0. The van der Waals surface area contributed by atoms with Gasteiger partial charge in [-0.15, -0.1) is 70.0 Å². The molecule has 0 aliphatic rings. The number of rotatable bonds is 11. The number of aromatic nitrogens is 6. The zero-order chi connectivity index (χ0) is 46.0. The van der Waals surface area contributed by atoms with Crippen molar-refractivity contribution in [3.8, 4) is 28.5 Å². The zero-order valence-corrected chi connectivity index (χ0v) is 43.0. The van der Waals surface area contributed by atoms with Gasteiger partial charge in [-0.05, 0) is 44.3 Å². The van der Waals surface area contributed by atoms with E-state index in [1.807, 2.05) is 48.8 Å². The molecule has 0 bridgehead atoms. The van der Waals surface area contributed by atoms with Crippen LogP contribution in [0.1, 0.15) is 0 Å². The van der Waals surface area contributed by atoms with E-state index in [1.54, 1.807) is 12.7 Å². The summed E-state index contributed by atoms with van der Waals surface area (Å²) in [6.07, 6.45) is 6.79. The molecular weight excluding hydrogens is 1090 g/mol. The molecule has 6 nitrogen and oxygen atoms in total. The number of nitrogens with zero attached hydrogens (tertiary/aromatic N) is 6. The molecule has 10 heteroatoms. The Bertz CT molecular complexity index is 3420. The van der Waals surface area contributed by atoms with Gasteiger partial charge < -0.3 is 14.5 Å².